The van der Waals surface area contributed by atoms with Crippen LogP contribution in [0.4, 0.5) is 5.69 Å². The number of rotatable bonds is 4. The van der Waals surface area contributed by atoms with Gasteiger partial charge in [0, 0.05) is 18.1 Å². The van der Waals surface area contributed by atoms with E-state index in [1.165, 1.54) is 0 Å². The number of aryl methyl sites for hydroxylation is 1. The number of halogens is 1. The van der Waals surface area contributed by atoms with Crippen LogP contribution in [0.15, 0.2) is 18.2 Å². The fraction of sp³-hybridized carbons (Fsp3) is 0.385. The zero-order valence-electron chi connectivity index (χ0n) is 10.5. The first kappa shape index (κ1) is 14.5. The van der Waals surface area contributed by atoms with Crippen molar-refractivity contribution in [2.75, 3.05) is 17.7 Å². The highest BCUT2D eigenvalue weighted by Gasteiger charge is 2.14. The van der Waals surface area contributed by atoms with Gasteiger partial charge in [0.05, 0.1) is 0 Å². The first-order valence-corrected chi connectivity index (χ1v) is 6.31. The van der Waals surface area contributed by atoms with Gasteiger partial charge < -0.3 is 10.6 Å². The summed E-state index contributed by atoms with van der Waals surface area (Å²) in [6, 6.07) is 5.56. The zero-order valence-corrected chi connectivity index (χ0v) is 11.3. The number of benzene rings is 1. The molecule has 0 atom stereocenters. The summed E-state index contributed by atoms with van der Waals surface area (Å²) in [7, 11) is 0. The highest BCUT2D eigenvalue weighted by atomic mass is 35.5. The molecule has 2 N–H and O–H groups in total. The number of hydrogen-bond acceptors (Lipinski definition) is 2. The third kappa shape index (κ3) is 4.04. The van der Waals surface area contributed by atoms with Gasteiger partial charge in [-0.15, -0.1) is 11.6 Å². The minimum Gasteiger partial charge on any atom is -0.348 e. The summed E-state index contributed by atoms with van der Waals surface area (Å²) in [6.45, 7) is 4.25. The standard InChI is InChI=1S/C13H17ClN2O2/c1-9-5-3-6-11(10(9)2)16-13(18)12(17)15-8-4-7-14/h3,5-6H,4,7-8H2,1-2H3,(H,15,17)(H,16,18). The Morgan fingerprint density at radius 2 is 1.94 bits per heavy atom. The number of anilines is 1. The molecule has 1 aromatic carbocycles. The average Bonchev–Trinajstić information content (AvgIpc) is 2.35. The van der Waals surface area contributed by atoms with E-state index in [1.54, 1.807) is 6.07 Å². The van der Waals surface area contributed by atoms with Gasteiger partial charge >= 0.3 is 11.8 Å². The van der Waals surface area contributed by atoms with Gasteiger partial charge in [0.15, 0.2) is 0 Å². The molecule has 0 saturated heterocycles. The summed E-state index contributed by atoms with van der Waals surface area (Å²) in [6.07, 6.45) is 0.643. The SMILES string of the molecule is Cc1cccc(NC(=O)C(=O)NCCCCl)c1C. The molecule has 0 aromatic heterocycles. The second kappa shape index (κ2) is 7.01. The Bertz CT molecular complexity index is 447. The number of carbonyl (C=O) groups excluding carboxylic acids is 2. The van der Waals surface area contributed by atoms with Crippen LogP contribution in [0.1, 0.15) is 17.5 Å². The van der Waals surface area contributed by atoms with Gasteiger partial charge in [0.2, 0.25) is 0 Å². The number of alkyl halides is 1. The summed E-state index contributed by atoms with van der Waals surface area (Å²) >= 11 is 5.48. The maximum absolute atomic E-state index is 11.6. The van der Waals surface area contributed by atoms with E-state index in [0.29, 0.717) is 24.5 Å². The van der Waals surface area contributed by atoms with Gasteiger partial charge in [-0.1, -0.05) is 12.1 Å². The van der Waals surface area contributed by atoms with Gasteiger partial charge in [-0.25, -0.2) is 0 Å². The second-order valence-electron chi connectivity index (χ2n) is 4.00. The predicted octanol–water partition coefficient (Wildman–Crippen LogP) is 1.99. The van der Waals surface area contributed by atoms with E-state index >= 15 is 0 Å². The van der Waals surface area contributed by atoms with Crippen molar-refractivity contribution in [1.82, 2.24) is 5.32 Å². The summed E-state index contributed by atoms with van der Waals surface area (Å²) in [4.78, 5) is 23.1. The van der Waals surface area contributed by atoms with Gasteiger partial charge in [-0.3, -0.25) is 9.59 Å². The average molecular weight is 269 g/mol. The van der Waals surface area contributed by atoms with Gasteiger partial charge in [0.1, 0.15) is 0 Å². The predicted molar refractivity (Wildman–Crippen MR) is 72.9 cm³/mol. The Balaban J connectivity index is 2.59. The molecular weight excluding hydrogens is 252 g/mol. The third-order valence-corrected chi connectivity index (χ3v) is 2.92. The quantitative estimate of drug-likeness (QED) is 0.498. The van der Waals surface area contributed by atoms with Crippen LogP contribution in [0, 0.1) is 13.8 Å². The molecule has 5 heteroatoms. The lowest BCUT2D eigenvalue weighted by molar-refractivity contribution is -0.136. The zero-order chi connectivity index (χ0) is 13.5. The minimum absolute atomic E-state index is 0.405. The minimum atomic E-state index is -0.654. The van der Waals surface area contributed by atoms with Crippen molar-refractivity contribution in [2.24, 2.45) is 0 Å². The molecule has 0 aliphatic rings. The van der Waals surface area contributed by atoms with Crippen molar-refractivity contribution in [3.05, 3.63) is 29.3 Å². The maximum Gasteiger partial charge on any atom is 0.313 e. The highest BCUT2D eigenvalue weighted by Crippen LogP contribution is 2.17. The smallest absolute Gasteiger partial charge is 0.313 e. The second-order valence-corrected chi connectivity index (χ2v) is 4.38. The van der Waals surface area contributed by atoms with Crippen molar-refractivity contribution < 1.29 is 9.59 Å². The van der Waals surface area contributed by atoms with Gasteiger partial charge in [0.25, 0.3) is 0 Å². The van der Waals surface area contributed by atoms with Crippen LogP contribution in [0.5, 0.6) is 0 Å². The molecule has 0 fully saturated rings. The number of nitrogens with one attached hydrogen (secondary N) is 2. The molecule has 4 nitrogen and oxygen atoms in total. The normalized spacial score (nSPS) is 9.94. The molecule has 0 bridgehead atoms. The summed E-state index contributed by atoms with van der Waals surface area (Å²) in [5, 5.41) is 5.10. The summed E-state index contributed by atoms with van der Waals surface area (Å²) in [5.74, 6) is -0.835. The monoisotopic (exact) mass is 268 g/mol. The summed E-state index contributed by atoms with van der Waals surface area (Å²) in [5.41, 5.74) is 2.68. The van der Waals surface area contributed by atoms with Crippen LogP contribution in [0.3, 0.4) is 0 Å². The lowest BCUT2D eigenvalue weighted by Crippen LogP contribution is -2.36. The van der Waals surface area contributed by atoms with Crippen molar-refractivity contribution in [3.8, 4) is 0 Å². The Labute approximate surface area is 112 Å². The Morgan fingerprint density at radius 3 is 2.61 bits per heavy atom. The molecule has 0 unspecified atom stereocenters. The molecule has 0 aliphatic carbocycles. The van der Waals surface area contributed by atoms with Crippen molar-refractivity contribution in [3.63, 3.8) is 0 Å². The number of carbonyl (C=O) groups is 2. The molecule has 0 radical (unpaired) electrons. The summed E-state index contributed by atoms with van der Waals surface area (Å²) < 4.78 is 0. The first-order valence-electron chi connectivity index (χ1n) is 5.77. The van der Waals surface area contributed by atoms with E-state index < -0.39 is 11.8 Å². The topological polar surface area (TPSA) is 58.2 Å². The van der Waals surface area contributed by atoms with E-state index in [-0.39, 0.29) is 0 Å². The first-order chi connectivity index (χ1) is 8.56. The van der Waals surface area contributed by atoms with Crippen LogP contribution < -0.4 is 10.6 Å². The molecule has 18 heavy (non-hydrogen) atoms. The molecule has 0 saturated carbocycles. The van der Waals surface area contributed by atoms with E-state index in [9.17, 15) is 9.59 Å². The van der Waals surface area contributed by atoms with Crippen LogP contribution in [0.2, 0.25) is 0 Å². The molecule has 0 aliphatic heterocycles. The maximum atomic E-state index is 11.6. The van der Waals surface area contributed by atoms with Crippen molar-refractivity contribution >= 4 is 29.1 Å². The lowest BCUT2D eigenvalue weighted by Gasteiger charge is -2.10. The van der Waals surface area contributed by atoms with Crippen molar-refractivity contribution in [2.45, 2.75) is 20.3 Å². The van der Waals surface area contributed by atoms with Crippen LogP contribution >= 0.6 is 11.6 Å². The molecule has 0 heterocycles. The Morgan fingerprint density at radius 1 is 1.22 bits per heavy atom. The van der Waals surface area contributed by atoms with Crippen molar-refractivity contribution in [1.29, 1.82) is 0 Å². The Hall–Kier alpha value is -1.55. The van der Waals surface area contributed by atoms with E-state index in [2.05, 4.69) is 10.6 Å². The van der Waals surface area contributed by atoms with Gasteiger partial charge in [-0.2, -0.15) is 0 Å². The molecular formula is C13H17ClN2O2. The van der Waals surface area contributed by atoms with Crippen LogP contribution in [-0.4, -0.2) is 24.2 Å². The third-order valence-electron chi connectivity index (χ3n) is 2.66. The van der Waals surface area contributed by atoms with E-state index in [4.69, 9.17) is 11.6 Å². The van der Waals surface area contributed by atoms with Crippen LogP contribution in [0.25, 0.3) is 0 Å². The molecule has 0 spiro atoms. The molecule has 1 aromatic rings. The molecule has 98 valence electrons. The number of amides is 2. The number of hydrogen-bond donors (Lipinski definition) is 2. The molecule has 2 amide bonds. The molecule has 1 rings (SSSR count). The van der Waals surface area contributed by atoms with Gasteiger partial charge in [-0.05, 0) is 37.5 Å². The van der Waals surface area contributed by atoms with Crippen LogP contribution in [-0.2, 0) is 9.59 Å². The fourth-order valence-corrected chi connectivity index (χ4v) is 1.55. The van der Waals surface area contributed by atoms with E-state index in [0.717, 1.165) is 11.1 Å². The van der Waals surface area contributed by atoms with E-state index in [1.807, 2.05) is 26.0 Å². The largest absolute Gasteiger partial charge is 0.348 e. The fourth-order valence-electron chi connectivity index (χ4n) is 1.41. The highest BCUT2D eigenvalue weighted by molar-refractivity contribution is 6.39. The Kier molecular flexibility index (Phi) is 5.65. The lowest BCUT2D eigenvalue weighted by atomic mass is 10.1.